The number of hydrogen-bond acceptors (Lipinski definition) is 2. The van der Waals surface area contributed by atoms with E-state index < -0.39 is 30.2 Å². The third-order valence-electron chi connectivity index (χ3n) is 2.30. The summed E-state index contributed by atoms with van der Waals surface area (Å²) in [6, 6.07) is -3.43. The molecule has 2 unspecified atom stereocenters. The summed E-state index contributed by atoms with van der Waals surface area (Å²) in [5, 5.41) is 0. The third kappa shape index (κ3) is 1.84. The van der Waals surface area contributed by atoms with Crippen LogP contribution >= 0.6 is 0 Å². The van der Waals surface area contributed by atoms with Crippen LogP contribution in [-0.4, -0.2) is 35.1 Å². The molecule has 3 nitrogen and oxygen atoms in total. The maximum atomic E-state index is 12.5. The highest BCUT2D eigenvalue weighted by molar-refractivity contribution is 5.80. The average Bonchev–Trinajstić information content (AvgIpc) is 2.23. The molecule has 1 amide bonds. The van der Waals surface area contributed by atoms with E-state index in [1.165, 1.54) is 0 Å². The van der Waals surface area contributed by atoms with Gasteiger partial charge in [0.25, 0.3) is 0 Å². The SMILES string of the molecule is CC(C)N1C(=O)CC(N)C1C(F)(F)F. The van der Waals surface area contributed by atoms with Gasteiger partial charge < -0.3 is 10.6 Å². The number of hydrogen-bond donors (Lipinski definition) is 1. The van der Waals surface area contributed by atoms with Crippen LogP contribution in [0.4, 0.5) is 13.2 Å². The predicted octanol–water partition coefficient (Wildman–Crippen LogP) is 0.885. The lowest BCUT2D eigenvalue weighted by atomic mass is 10.1. The Labute approximate surface area is 80.0 Å². The van der Waals surface area contributed by atoms with Crippen molar-refractivity contribution in [1.29, 1.82) is 0 Å². The fraction of sp³-hybridized carbons (Fsp3) is 0.875. The van der Waals surface area contributed by atoms with Gasteiger partial charge in [-0.05, 0) is 13.8 Å². The fourth-order valence-electron chi connectivity index (χ4n) is 1.79. The Morgan fingerprint density at radius 2 is 2.00 bits per heavy atom. The molecule has 0 bridgehead atoms. The highest BCUT2D eigenvalue weighted by atomic mass is 19.4. The van der Waals surface area contributed by atoms with Gasteiger partial charge in [0.05, 0.1) is 0 Å². The second-order valence-electron chi connectivity index (χ2n) is 3.75. The molecule has 0 saturated carbocycles. The van der Waals surface area contributed by atoms with Crippen LogP contribution in [-0.2, 0) is 4.79 Å². The number of halogens is 3. The van der Waals surface area contributed by atoms with Gasteiger partial charge in [-0.1, -0.05) is 0 Å². The second kappa shape index (κ2) is 3.42. The summed E-state index contributed by atoms with van der Waals surface area (Å²) in [6.45, 7) is 3.10. The molecule has 1 aliphatic heterocycles. The fourth-order valence-corrected chi connectivity index (χ4v) is 1.79. The number of likely N-dealkylation sites (tertiary alicyclic amines) is 1. The quantitative estimate of drug-likeness (QED) is 0.698. The first-order valence-electron chi connectivity index (χ1n) is 4.38. The summed E-state index contributed by atoms with van der Waals surface area (Å²) in [4.78, 5) is 12.1. The van der Waals surface area contributed by atoms with E-state index in [1.807, 2.05) is 0 Å². The van der Waals surface area contributed by atoms with Gasteiger partial charge in [0.15, 0.2) is 0 Å². The number of nitrogens with two attached hydrogens (primary N) is 1. The molecule has 0 aromatic heterocycles. The maximum Gasteiger partial charge on any atom is 0.410 e. The van der Waals surface area contributed by atoms with E-state index in [0.29, 0.717) is 0 Å². The van der Waals surface area contributed by atoms with E-state index >= 15 is 0 Å². The zero-order valence-electron chi connectivity index (χ0n) is 8.01. The van der Waals surface area contributed by atoms with Crippen molar-refractivity contribution in [3.63, 3.8) is 0 Å². The van der Waals surface area contributed by atoms with Gasteiger partial charge in [-0.25, -0.2) is 0 Å². The molecule has 1 aliphatic rings. The highest BCUT2D eigenvalue weighted by Gasteiger charge is 2.54. The molecule has 0 aromatic rings. The van der Waals surface area contributed by atoms with E-state index in [1.54, 1.807) is 13.8 Å². The summed E-state index contributed by atoms with van der Waals surface area (Å²) in [5.41, 5.74) is 5.30. The van der Waals surface area contributed by atoms with E-state index in [9.17, 15) is 18.0 Å². The second-order valence-corrected chi connectivity index (χ2v) is 3.75. The minimum Gasteiger partial charge on any atom is -0.327 e. The molecule has 1 heterocycles. The molecular weight excluding hydrogens is 197 g/mol. The molecule has 1 saturated heterocycles. The van der Waals surface area contributed by atoms with Gasteiger partial charge in [0, 0.05) is 18.5 Å². The Morgan fingerprint density at radius 1 is 1.50 bits per heavy atom. The van der Waals surface area contributed by atoms with Crippen molar-refractivity contribution in [3.8, 4) is 0 Å². The summed E-state index contributed by atoms with van der Waals surface area (Å²) >= 11 is 0. The Bertz CT molecular complexity index is 239. The van der Waals surface area contributed by atoms with Crippen LogP contribution in [0, 0.1) is 0 Å². The van der Waals surface area contributed by atoms with Gasteiger partial charge in [0.2, 0.25) is 5.91 Å². The molecule has 0 radical (unpaired) electrons. The molecule has 0 aromatic carbocycles. The maximum absolute atomic E-state index is 12.5. The molecule has 1 rings (SSSR count). The van der Waals surface area contributed by atoms with Crippen molar-refractivity contribution < 1.29 is 18.0 Å². The molecule has 1 fully saturated rings. The first kappa shape index (κ1) is 11.3. The van der Waals surface area contributed by atoms with E-state index in [2.05, 4.69) is 0 Å². The van der Waals surface area contributed by atoms with Crippen molar-refractivity contribution >= 4 is 5.91 Å². The summed E-state index contributed by atoms with van der Waals surface area (Å²) in [6.07, 6.45) is -4.65. The zero-order valence-corrected chi connectivity index (χ0v) is 8.01. The smallest absolute Gasteiger partial charge is 0.327 e. The zero-order chi connectivity index (χ0) is 11.1. The van der Waals surface area contributed by atoms with E-state index in [0.717, 1.165) is 4.90 Å². The van der Waals surface area contributed by atoms with Crippen LogP contribution in [0.25, 0.3) is 0 Å². The van der Waals surface area contributed by atoms with Crippen molar-refractivity contribution in [2.75, 3.05) is 0 Å². The van der Waals surface area contributed by atoms with Crippen molar-refractivity contribution in [3.05, 3.63) is 0 Å². The van der Waals surface area contributed by atoms with Crippen LogP contribution in [0.5, 0.6) is 0 Å². The van der Waals surface area contributed by atoms with Gasteiger partial charge >= 0.3 is 6.18 Å². The van der Waals surface area contributed by atoms with Crippen molar-refractivity contribution in [1.82, 2.24) is 4.90 Å². The molecule has 82 valence electrons. The number of nitrogens with zero attached hydrogens (tertiary/aromatic N) is 1. The topological polar surface area (TPSA) is 46.3 Å². The number of carbonyl (C=O) groups excluding carboxylic acids is 1. The molecule has 14 heavy (non-hydrogen) atoms. The summed E-state index contributed by atoms with van der Waals surface area (Å²) < 4.78 is 37.6. The number of alkyl halides is 3. The van der Waals surface area contributed by atoms with Crippen LogP contribution in [0.3, 0.4) is 0 Å². The lowest BCUT2D eigenvalue weighted by molar-refractivity contribution is -0.186. The van der Waals surface area contributed by atoms with Gasteiger partial charge in [0.1, 0.15) is 6.04 Å². The standard InChI is InChI=1S/C8H13F3N2O/c1-4(2)13-6(14)3-5(12)7(13)8(9,10)11/h4-5,7H,3,12H2,1-2H3. The van der Waals surface area contributed by atoms with Crippen LogP contribution < -0.4 is 5.73 Å². The largest absolute Gasteiger partial charge is 0.410 e. The van der Waals surface area contributed by atoms with Crippen LogP contribution in [0.1, 0.15) is 20.3 Å². The van der Waals surface area contributed by atoms with E-state index in [4.69, 9.17) is 5.73 Å². The van der Waals surface area contributed by atoms with Crippen molar-refractivity contribution in [2.24, 2.45) is 5.73 Å². The summed E-state index contributed by atoms with van der Waals surface area (Å²) in [5.74, 6) is -0.519. The lowest BCUT2D eigenvalue weighted by Crippen LogP contribution is -2.52. The monoisotopic (exact) mass is 210 g/mol. The third-order valence-corrected chi connectivity index (χ3v) is 2.30. The Morgan fingerprint density at radius 3 is 2.29 bits per heavy atom. The van der Waals surface area contributed by atoms with Crippen molar-refractivity contribution in [2.45, 2.75) is 44.6 Å². The molecule has 2 atom stereocenters. The number of carbonyl (C=O) groups is 1. The van der Waals surface area contributed by atoms with Gasteiger partial charge in [-0.2, -0.15) is 13.2 Å². The number of amides is 1. The first-order chi connectivity index (χ1) is 6.25. The molecule has 0 spiro atoms. The minimum absolute atomic E-state index is 0.220. The normalized spacial score (nSPS) is 29.1. The predicted molar refractivity (Wildman–Crippen MR) is 44.4 cm³/mol. The van der Waals surface area contributed by atoms with Crippen LogP contribution in [0.15, 0.2) is 0 Å². The Balaban J connectivity index is 2.95. The Hall–Kier alpha value is -0.780. The first-order valence-corrected chi connectivity index (χ1v) is 4.38. The van der Waals surface area contributed by atoms with E-state index in [-0.39, 0.29) is 6.42 Å². The molecule has 2 N–H and O–H groups in total. The lowest BCUT2D eigenvalue weighted by Gasteiger charge is -2.31. The minimum atomic E-state index is -4.43. The Kier molecular flexibility index (Phi) is 2.76. The highest BCUT2D eigenvalue weighted by Crippen LogP contribution is 2.33. The molecule has 0 aliphatic carbocycles. The molecule has 6 heteroatoms. The summed E-state index contributed by atoms with van der Waals surface area (Å²) in [7, 11) is 0. The van der Waals surface area contributed by atoms with Gasteiger partial charge in [-0.15, -0.1) is 0 Å². The van der Waals surface area contributed by atoms with Crippen LogP contribution in [0.2, 0.25) is 0 Å². The average molecular weight is 210 g/mol. The number of rotatable bonds is 1. The molecular formula is C8H13F3N2O. The van der Waals surface area contributed by atoms with Gasteiger partial charge in [-0.3, -0.25) is 4.79 Å².